The van der Waals surface area contributed by atoms with Crippen molar-refractivity contribution in [3.05, 3.63) is 65.8 Å². The summed E-state index contributed by atoms with van der Waals surface area (Å²) in [7, 11) is 2.13. The molecule has 0 radical (unpaired) electrons. The van der Waals surface area contributed by atoms with Crippen LogP contribution in [-0.2, 0) is 0 Å². The van der Waals surface area contributed by atoms with Crippen molar-refractivity contribution in [1.29, 1.82) is 0 Å². The molecule has 1 aromatic carbocycles. The van der Waals surface area contributed by atoms with E-state index in [0.29, 0.717) is 11.4 Å². The van der Waals surface area contributed by atoms with Crippen molar-refractivity contribution >= 4 is 40.6 Å². The monoisotopic (exact) mass is 512 g/mol. The number of carbonyl (C=O) groups is 1. The van der Waals surface area contributed by atoms with Gasteiger partial charge in [0.2, 0.25) is 0 Å². The number of aromatic amines is 1. The Bertz CT molecular complexity index is 1340. The van der Waals surface area contributed by atoms with Crippen LogP contribution in [0.5, 0.6) is 0 Å². The summed E-state index contributed by atoms with van der Waals surface area (Å²) in [4.78, 5) is 28.7. The van der Waals surface area contributed by atoms with Gasteiger partial charge in [0.15, 0.2) is 5.69 Å². The first kappa shape index (κ1) is 25.7. The van der Waals surface area contributed by atoms with E-state index in [0.717, 1.165) is 72.8 Å². The van der Waals surface area contributed by atoms with Gasteiger partial charge in [-0.3, -0.25) is 14.9 Å². The molecular weight excluding hydrogens is 476 g/mol. The highest BCUT2D eigenvalue weighted by Crippen LogP contribution is 2.26. The number of allylic oxidation sites excluding steroid dienone is 2. The van der Waals surface area contributed by atoms with Gasteiger partial charge in [-0.05, 0) is 81.4 Å². The molecule has 0 unspecified atom stereocenters. The third kappa shape index (κ3) is 5.78. The van der Waals surface area contributed by atoms with Gasteiger partial charge in [-0.15, -0.1) is 0 Å². The van der Waals surface area contributed by atoms with Crippen LogP contribution in [-0.4, -0.2) is 83.9 Å². The van der Waals surface area contributed by atoms with E-state index < -0.39 is 0 Å². The molecular formula is C29H36N8O. The number of amides is 1. The van der Waals surface area contributed by atoms with Gasteiger partial charge in [-0.2, -0.15) is 5.10 Å². The molecule has 2 N–H and O–H groups in total. The summed E-state index contributed by atoms with van der Waals surface area (Å²) in [6.45, 7) is 11.7. The number of pyridine rings is 1. The maximum Gasteiger partial charge on any atom is 0.276 e. The summed E-state index contributed by atoms with van der Waals surface area (Å²) in [5, 5.41) is 11.0. The van der Waals surface area contributed by atoms with Crippen LogP contribution in [0.4, 0.5) is 11.5 Å². The maximum atomic E-state index is 13.2. The van der Waals surface area contributed by atoms with Gasteiger partial charge in [-0.1, -0.05) is 6.07 Å². The number of hydrogen-bond acceptors (Lipinski definition) is 7. The van der Waals surface area contributed by atoms with Crippen LogP contribution >= 0.6 is 0 Å². The lowest BCUT2D eigenvalue weighted by atomic mass is 10.0. The minimum absolute atomic E-state index is 0.270. The summed E-state index contributed by atoms with van der Waals surface area (Å²) < 4.78 is 0. The number of nitrogens with zero attached hydrogens (tertiary/aromatic N) is 6. The number of aromatic nitrogens is 3. The van der Waals surface area contributed by atoms with E-state index in [-0.39, 0.29) is 5.91 Å². The second-order valence-electron chi connectivity index (χ2n) is 10.1. The van der Waals surface area contributed by atoms with Gasteiger partial charge in [-0.25, -0.2) is 4.98 Å². The standard InChI is InChI=1S/C29H36N8O/c1-21(17-24(20-30-2)36-11-5-4-6-12-36)22-7-9-26-25(18-22)28(34-33-26)29(38)32-23-8-10-27(31-19-23)37-15-13-35(3)14-16-37/h7-10,17-20H,2,4-6,11-16H2,1,3H3,(H,32,38)(H,33,34)/b21-17+,24-20+. The number of H-pyrrole nitrogens is 1. The molecule has 198 valence electrons. The topological polar surface area (TPSA) is 92.7 Å². The van der Waals surface area contributed by atoms with Crippen molar-refractivity contribution in [2.45, 2.75) is 26.2 Å². The van der Waals surface area contributed by atoms with E-state index in [1.54, 1.807) is 6.20 Å². The highest BCUT2D eigenvalue weighted by molar-refractivity contribution is 6.11. The Hall–Kier alpha value is -3.98. The molecule has 9 heteroatoms. The molecule has 9 nitrogen and oxygen atoms in total. The van der Waals surface area contributed by atoms with Crippen molar-refractivity contribution < 1.29 is 4.79 Å². The molecule has 38 heavy (non-hydrogen) atoms. The van der Waals surface area contributed by atoms with Gasteiger partial charge in [0.25, 0.3) is 5.91 Å². The molecule has 0 bridgehead atoms. The van der Waals surface area contributed by atoms with Crippen LogP contribution in [0.1, 0.15) is 42.2 Å². The quantitative estimate of drug-likeness (QED) is 0.360. The molecule has 1 amide bonds. The first-order valence-corrected chi connectivity index (χ1v) is 13.3. The van der Waals surface area contributed by atoms with Gasteiger partial charge in [0.05, 0.1) is 23.1 Å². The summed E-state index contributed by atoms with van der Waals surface area (Å²) >= 11 is 0. The number of anilines is 2. The fourth-order valence-electron chi connectivity index (χ4n) is 5.07. The minimum Gasteiger partial charge on any atom is -0.370 e. The van der Waals surface area contributed by atoms with Crippen LogP contribution in [0, 0.1) is 0 Å². The fourth-order valence-corrected chi connectivity index (χ4v) is 5.07. The first-order valence-electron chi connectivity index (χ1n) is 13.3. The minimum atomic E-state index is -0.270. The van der Waals surface area contributed by atoms with Gasteiger partial charge in [0, 0.05) is 50.9 Å². The average molecular weight is 513 g/mol. The zero-order chi connectivity index (χ0) is 26.5. The molecule has 0 aliphatic carbocycles. The van der Waals surface area contributed by atoms with E-state index in [2.05, 4.69) is 67.0 Å². The van der Waals surface area contributed by atoms with E-state index in [1.165, 1.54) is 19.3 Å². The number of piperazine rings is 1. The third-order valence-electron chi connectivity index (χ3n) is 7.38. The molecule has 0 atom stereocenters. The number of fused-ring (bicyclic) bond motifs is 1. The van der Waals surface area contributed by atoms with Crippen LogP contribution in [0.2, 0.25) is 0 Å². The van der Waals surface area contributed by atoms with Crippen LogP contribution in [0.15, 0.2) is 59.5 Å². The predicted octanol–water partition coefficient (Wildman–Crippen LogP) is 4.39. The maximum absolute atomic E-state index is 13.2. The summed E-state index contributed by atoms with van der Waals surface area (Å²) in [5.41, 5.74) is 4.99. The smallest absolute Gasteiger partial charge is 0.276 e. The highest BCUT2D eigenvalue weighted by atomic mass is 16.1. The Kier molecular flexibility index (Phi) is 7.83. The molecule has 3 aromatic rings. The van der Waals surface area contributed by atoms with Crippen LogP contribution in [0.25, 0.3) is 16.5 Å². The van der Waals surface area contributed by atoms with Crippen molar-refractivity contribution in [3.63, 3.8) is 0 Å². The molecule has 0 spiro atoms. The average Bonchev–Trinajstić information content (AvgIpc) is 3.38. The SMILES string of the molecule is C=N/C=C(\C=C(/C)c1ccc2[nH]nc(C(=O)Nc3ccc(N4CCN(C)CC4)nc3)c2c1)N1CCCCC1. The Morgan fingerprint density at radius 1 is 1.08 bits per heavy atom. The van der Waals surface area contributed by atoms with Crippen LogP contribution < -0.4 is 10.2 Å². The normalized spacial score (nSPS) is 17.6. The zero-order valence-electron chi connectivity index (χ0n) is 22.3. The summed E-state index contributed by atoms with van der Waals surface area (Å²) in [6, 6.07) is 9.89. The third-order valence-corrected chi connectivity index (χ3v) is 7.38. The van der Waals surface area contributed by atoms with Gasteiger partial charge in [0.1, 0.15) is 5.82 Å². The van der Waals surface area contributed by atoms with Crippen molar-refractivity contribution in [3.8, 4) is 0 Å². The number of hydrogen-bond donors (Lipinski definition) is 2. The number of likely N-dealkylation sites (N-methyl/N-ethyl adjacent to an activating group) is 1. The van der Waals surface area contributed by atoms with Gasteiger partial charge >= 0.3 is 0 Å². The largest absolute Gasteiger partial charge is 0.370 e. The number of carbonyl (C=O) groups excluding carboxylic acids is 1. The number of aliphatic imine (C=N–C) groups is 1. The van der Waals surface area contributed by atoms with E-state index in [1.807, 2.05) is 36.5 Å². The van der Waals surface area contributed by atoms with Crippen molar-refractivity contribution in [1.82, 2.24) is 25.0 Å². The highest BCUT2D eigenvalue weighted by Gasteiger charge is 2.18. The van der Waals surface area contributed by atoms with E-state index in [9.17, 15) is 4.79 Å². The fraction of sp³-hybridized carbons (Fsp3) is 0.379. The first-order chi connectivity index (χ1) is 18.5. The Balaban J connectivity index is 1.32. The Labute approximate surface area is 223 Å². The number of nitrogens with one attached hydrogen (secondary N) is 2. The van der Waals surface area contributed by atoms with Crippen LogP contribution in [0.3, 0.4) is 0 Å². The predicted molar refractivity (Wildman–Crippen MR) is 155 cm³/mol. The molecule has 4 heterocycles. The zero-order valence-corrected chi connectivity index (χ0v) is 22.3. The Morgan fingerprint density at radius 3 is 2.58 bits per heavy atom. The Morgan fingerprint density at radius 2 is 1.87 bits per heavy atom. The van der Waals surface area contributed by atoms with E-state index >= 15 is 0 Å². The van der Waals surface area contributed by atoms with Crippen molar-refractivity contribution in [2.24, 2.45) is 4.99 Å². The molecule has 2 aliphatic heterocycles. The summed E-state index contributed by atoms with van der Waals surface area (Å²) in [6.07, 6.45) is 9.33. The number of rotatable bonds is 7. The molecule has 2 aromatic heterocycles. The van der Waals surface area contributed by atoms with Crippen molar-refractivity contribution in [2.75, 3.05) is 56.5 Å². The lowest BCUT2D eigenvalue weighted by Crippen LogP contribution is -2.44. The van der Waals surface area contributed by atoms with E-state index in [4.69, 9.17) is 0 Å². The summed E-state index contributed by atoms with van der Waals surface area (Å²) in [5.74, 6) is 0.659. The number of likely N-dealkylation sites (tertiary alicyclic amines) is 1. The number of piperidine rings is 1. The second-order valence-corrected chi connectivity index (χ2v) is 10.1. The lowest BCUT2D eigenvalue weighted by molar-refractivity contribution is 0.102. The molecule has 0 saturated carbocycles. The molecule has 5 rings (SSSR count). The molecule has 2 saturated heterocycles. The van der Waals surface area contributed by atoms with Gasteiger partial charge < -0.3 is 20.0 Å². The lowest BCUT2D eigenvalue weighted by Gasteiger charge is -2.33. The molecule has 2 fully saturated rings. The number of benzene rings is 1. The second kappa shape index (κ2) is 11.6. The molecule has 2 aliphatic rings.